The Morgan fingerprint density at radius 2 is 1.75 bits per heavy atom. The molecule has 3 rings (SSSR count). The lowest BCUT2D eigenvalue weighted by Gasteiger charge is -2.40. The zero-order valence-corrected chi connectivity index (χ0v) is 12.4. The summed E-state index contributed by atoms with van der Waals surface area (Å²) in [4.78, 5) is 14.2. The Labute approximate surface area is 132 Å². The van der Waals surface area contributed by atoms with Crippen LogP contribution in [0, 0.1) is 5.92 Å². The molecule has 0 aromatic rings. The predicted octanol–water partition coefficient (Wildman–Crippen LogP) is 2.89. The van der Waals surface area contributed by atoms with Gasteiger partial charge in [-0.25, -0.2) is 0 Å². The van der Waals surface area contributed by atoms with Crippen LogP contribution in [0.3, 0.4) is 0 Å². The molecule has 0 saturated carbocycles. The van der Waals surface area contributed by atoms with E-state index in [1.807, 2.05) is 0 Å². The number of hydrogen-bond donors (Lipinski definition) is 1. The molecule has 1 unspecified atom stereocenters. The molecule has 1 aliphatic carbocycles. The highest BCUT2D eigenvalue weighted by Gasteiger charge is 2.75. The van der Waals surface area contributed by atoms with E-state index in [2.05, 4.69) is 0 Å². The van der Waals surface area contributed by atoms with Crippen molar-refractivity contribution in [2.24, 2.45) is 5.92 Å². The van der Waals surface area contributed by atoms with Crippen LogP contribution in [0.15, 0.2) is 34.6 Å². The average Bonchev–Trinajstić information content (AvgIpc) is 2.84. The highest BCUT2D eigenvalue weighted by Crippen LogP contribution is 2.52. The molecule has 1 N–H and O–H groups in total. The number of carbonyl (C=O) groups excluding carboxylic acids is 1. The Kier molecular flexibility index (Phi) is 3.46. The zero-order chi connectivity index (χ0) is 18.1. The molecule has 0 spiro atoms. The van der Waals surface area contributed by atoms with Gasteiger partial charge in [-0.1, -0.05) is 12.2 Å². The van der Waals surface area contributed by atoms with E-state index in [-0.39, 0.29) is 17.6 Å². The number of Topliss-reactive ketones (excluding diaryl/α,β-unsaturated/α-hetero) is 1. The lowest BCUT2D eigenvalue weighted by Crippen LogP contribution is -2.63. The monoisotopic (exact) mass is 353 g/mol. The highest BCUT2D eigenvalue weighted by atomic mass is 19.4. The average molecular weight is 353 g/mol. The number of rotatable bonds is 1. The molecule has 2 aliphatic heterocycles. The number of nitrogens with zero attached hydrogens (tertiary/aromatic N) is 1. The van der Waals surface area contributed by atoms with Crippen molar-refractivity contribution in [3.63, 3.8) is 0 Å². The lowest BCUT2D eigenvalue weighted by molar-refractivity contribution is -0.376. The van der Waals surface area contributed by atoms with Crippen molar-refractivity contribution in [1.82, 2.24) is 4.90 Å². The van der Waals surface area contributed by atoms with E-state index in [9.17, 15) is 36.2 Å². The molecule has 0 radical (unpaired) electrons. The van der Waals surface area contributed by atoms with Crippen LogP contribution in [0.1, 0.15) is 13.3 Å². The van der Waals surface area contributed by atoms with E-state index in [0.29, 0.717) is 30.4 Å². The first kappa shape index (κ1) is 17.1. The molecule has 0 amide bonds. The third kappa shape index (κ3) is 2.06. The van der Waals surface area contributed by atoms with Crippen LogP contribution in [-0.4, -0.2) is 46.8 Å². The molecule has 132 valence electrons. The first-order chi connectivity index (χ1) is 10.9. The first-order valence-corrected chi connectivity index (χ1v) is 7.17. The van der Waals surface area contributed by atoms with Crippen LogP contribution >= 0.6 is 0 Å². The molecule has 3 aliphatic rings. The number of alkyl halides is 6. The summed E-state index contributed by atoms with van der Waals surface area (Å²) < 4.78 is 78.8. The van der Waals surface area contributed by atoms with Gasteiger partial charge in [0.1, 0.15) is 0 Å². The minimum atomic E-state index is -6.04. The maximum Gasteiger partial charge on any atom is 0.427 e. The van der Waals surface area contributed by atoms with Crippen molar-refractivity contribution in [2.45, 2.75) is 31.3 Å². The van der Waals surface area contributed by atoms with E-state index in [4.69, 9.17) is 0 Å². The molecular formula is C15H13F6NO2. The molecule has 0 aromatic carbocycles. The molecule has 0 aromatic heterocycles. The van der Waals surface area contributed by atoms with E-state index in [1.165, 1.54) is 6.92 Å². The maximum atomic E-state index is 13.1. The Hall–Kier alpha value is -1.77. The van der Waals surface area contributed by atoms with Gasteiger partial charge in [-0.2, -0.15) is 26.3 Å². The SMILES string of the molecule is CC1=CCN2CCC3=CC(C(O)(C(F)(F)F)C(F)(F)F)C(=O)C1=C32. The minimum absolute atomic E-state index is 0.159. The molecule has 1 fully saturated rings. The summed E-state index contributed by atoms with van der Waals surface area (Å²) in [5, 5.41) is 9.61. The number of carbonyl (C=O) groups is 1. The van der Waals surface area contributed by atoms with Crippen LogP contribution < -0.4 is 0 Å². The van der Waals surface area contributed by atoms with Gasteiger partial charge in [-0.15, -0.1) is 0 Å². The Balaban J connectivity index is 2.18. The zero-order valence-electron chi connectivity index (χ0n) is 12.4. The Morgan fingerprint density at radius 1 is 1.17 bits per heavy atom. The van der Waals surface area contributed by atoms with Crippen molar-refractivity contribution in [3.05, 3.63) is 34.6 Å². The van der Waals surface area contributed by atoms with Crippen molar-refractivity contribution in [2.75, 3.05) is 13.1 Å². The summed E-state index contributed by atoms with van der Waals surface area (Å²) in [7, 11) is 0. The van der Waals surface area contributed by atoms with Crippen LogP contribution in [0.5, 0.6) is 0 Å². The van der Waals surface area contributed by atoms with Crippen LogP contribution in [-0.2, 0) is 4.79 Å². The number of aliphatic hydroxyl groups is 1. The van der Waals surface area contributed by atoms with Gasteiger partial charge in [0.15, 0.2) is 5.78 Å². The summed E-state index contributed by atoms with van der Waals surface area (Å²) >= 11 is 0. The van der Waals surface area contributed by atoms with E-state index >= 15 is 0 Å². The van der Waals surface area contributed by atoms with Crippen molar-refractivity contribution < 1.29 is 36.2 Å². The number of allylic oxidation sites excluding steroid dienone is 3. The summed E-state index contributed by atoms with van der Waals surface area (Å²) in [6, 6.07) is 0. The normalized spacial score (nSPS) is 24.9. The minimum Gasteiger partial charge on any atom is -0.373 e. The van der Waals surface area contributed by atoms with Gasteiger partial charge in [0.2, 0.25) is 0 Å². The van der Waals surface area contributed by atoms with Gasteiger partial charge in [0.05, 0.1) is 11.6 Å². The van der Waals surface area contributed by atoms with Crippen molar-refractivity contribution in [1.29, 1.82) is 0 Å². The van der Waals surface area contributed by atoms with Crippen LogP contribution in [0.25, 0.3) is 0 Å². The first-order valence-electron chi connectivity index (χ1n) is 7.17. The van der Waals surface area contributed by atoms with Gasteiger partial charge in [0.25, 0.3) is 5.60 Å². The smallest absolute Gasteiger partial charge is 0.373 e. The van der Waals surface area contributed by atoms with Gasteiger partial charge >= 0.3 is 12.4 Å². The highest BCUT2D eigenvalue weighted by molar-refractivity contribution is 6.06. The van der Waals surface area contributed by atoms with Crippen LogP contribution in [0.2, 0.25) is 0 Å². The van der Waals surface area contributed by atoms with Crippen LogP contribution in [0.4, 0.5) is 26.3 Å². The largest absolute Gasteiger partial charge is 0.427 e. The fourth-order valence-corrected chi connectivity index (χ4v) is 3.46. The summed E-state index contributed by atoms with van der Waals surface area (Å²) in [5.74, 6) is -4.10. The Bertz CT molecular complexity index is 684. The molecule has 0 bridgehead atoms. The topological polar surface area (TPSA) is 40.5 Å². The molecule has 9 heteroatoms. The fraction of sp³-hybridized carbons (Fsp3) is 0.533. The number of hydrogen-bond acceptors (Lipinski definition) is 3. The van der Waals surface area contributed by atoms with Gasteiger partial charge < -0.3 is 10.0 Å². The van der Waals surface area contributed by atoms with Crippen molar-refractivity contribution in [3.8, 4) is 0 Å². The third-order valence-corrected chi connectivity index (χ3v) is 4.73. The van der Waals surface area contributed by atoms with Gasteiger partial charge in [-0.05, 0) is 24.5 Å². The van der Waals surface area contributed by atoms with E-state index in [1.54, 1.807) is 11.0 Å². The Morgan fingerprint density at radius 3 is 2.29 bits per heavy atom. The molecule has 3 nitrogen and oxygen atoms in total. The van der Waals surface area contributed by atoms with Crippen molar-refractivity contribution >= 4 is 5.78 Å². The lowest BCUT2D eigenvalue weighted by atomic mass is 9.73. The molecule has 1 saturated heterocycles. The summed E-state index contributed by atoms with van der Waals surface area (Å²) in [5.41, 5.74) is -4.31. The predicted molar refractivity (Wildman–Crippen MR) is 70.6 cm³/mol. The second-order valence-corrected chi connectivity index (χ2v) is 6.10. The fourth-order valence-electron chi connectivity index (χ4n) is 3.46. The number of halogens is 6. The van der Waals surface area contributed by atoms with E-state index < -0.39 is 29.7 Å². The second-order valence-electron chi connectivity index (χ2n) is 6.10. The number of ketones is 1. The standard InChI is InChI=1S/C15H13F6NO2/c1-7-2-4-22-5-3-8-6-9(12(23)10(7)11(8)22)13(24,14(16,17)18)15(19,20)21/h2,6,9,24H,3-5H2,1H3. The molecule has 24 heavy (non-hydrogen) atoms. The quantitative estimate of drug-likeness (QED) is 0.737. The third-order valence-electron chi connectivity index (χ3n) is 4.73. The molecular weight excluding hydrogens is 340 g/mol. The second kappa shape index (κ2) is 4.87. The van der Waals surface area contributed by atoms with Gasteiger partial charge in [-0.3, -0.25) is 4.79 Å². The van der Waals surface area contributed by atoms with E-state index in [0.717, 1.165) is 0 Å². The maximum absolute atomic E-state index is 13.1. The summed E-state index contributed by atoms with van der Waals surface area (Å²) in [6.45, 7) is 2.32. The molecule has 1 atom stereocenters. The molecule has 2 heterocycles. The summed E-state index contributed by atoms with van der Waals surface area (Å²) in [6.07, 6.45) is -9.62. The van der Waals surface area contributed by atoms with Gasteiger partial charge in [0, 0.05) is 18.7 Å².